The summed E-state index contributed by atoms with van der Waals surface area (Å²) in [4.78, 5) is 15.1. The summed E-state index contributed by atoms with van der Waals surface area (Å²) >= 11 is 0. The summed E-state index contributed by atoms with van der Waals surface area (Å²) in [6, 6.07) is 11.0. The summed E-state index contributed by atoms with van der Waals surface area (Å²) in [7, 11) is 0. The third-order valence-corrected chi connectivity index (χ3v) is 6.59. The van der Waals surface area contributed by atoms with Crippen molar-refractivity contribution in [3.63, 3.8) is 0 Å². The van der Waals surface area contributed by atoms with Gasteiger partial charge in [-0.3, -0.25) is 9.69 Å². The molecule has 1 aromatic rings. The van der Waals surface area contributed by atoms with Crippen LogP contribution < -0.4 is 15.4 Å². The number of hydrogen-bond donors (Lipinski definition) is 2. The van der Waals surface area contributed by atoms with E-state index >= 15 is 0 Å². The predicted molar refractivity (Wildman–Crippen MR) is 107 cm³/mol. The van der Waals surface area contributed by atoms with Crippen molar-refractivity contribution in [2.45, 2.75) is 50.6 Å². The summed E-state index contributed by atoms with van der Waals surface area (Å²) in [6.45, 7) is 4.88. The fourth-order valence-corrected chi connectivity index (χ4v) is 5.29. The number of carbonyl (C=O) groups excluding carboxylic acids is 1. The standard InChI is InChI=1S/C22H33N3O2/c26-22(10-6-12-27-19-7-2-1-3-8-19)24-16-21-18-13-17(14-23-15-18)20-9-4-5-11-25(20)21/h1-3,7-8,17-18,20-21,23H,4-6,9-16H2,(H,24,26)/t17-,18+,20+,21+/m1/s1. The van der Waals surface area contributed by atoms with Gasteiger partial charge >= 0.3 is 0 Å². The van der Waals surface area contributed by atoms with E-state index in [2.05, 4.69) is 15.5 Å². The highest BCUT2D eigenvalue weighted by molar-refractivity contribution is 5.75. The van der Waals surface area contributed by atoms with Crippen LogP contribution in [0.2, 0.25) is 0 Å². The van der Waals surface area contributed by atoms with Crippen LogP contribution in [0.1, 0.15) is 38.5 Å². The Hall–Kier alpha value is -1.59. The summed E-state index contributed by atoms with van der Waals surface area (Å²) in [5, 5.41) is 6.86. The highest BCUT2D eigenvalue weighted by atomic mass is 16.5. The Balaban J connectivity index is 1.22. The van der Waals surface area contributed by atoms with Crippen molar-refractivity contribution in [2.24, 2.45) is 11.8 Å². The first-order chi connectivity index (χ1) is 13.3. The number of piperidine rings is 3. The number of amides is 1. The van der Waals surface area contributed by atoms with Crippen molar-refractivity contribution in [2.75, 3.05) is 32.8 Å². The zero-order valence-electron chi connectivity index (χ0n) is 16.2. The third-order valence-electron chi connectivity index (χ3n) is 6.59. The molecule has 148 valence electrons. The molecule has 4 rings (SSSR count). The van der Waals surface area contributed by atoms with Gasteiger partial charge in [0.2, 0.25) is 5.91 Å². The van der Waals surface area contributed by atoms with Crippen LogP contribution in [0.5, 0.6) is 5.75 Å². The van der Waals surface area contributed by atoms with E-state index in [1.165, 1.54) is 38.8 Å². The van der Waals surface area contributed by atoms with E-state index in [1.807, 2.05) is 30.3 Å². The Morgan fingerprint density at radius 2 is 2.04 bits per heavy atom. The lowest BCUT2D eigenvalue weighted by molar-refractivity contribution is -0.122. The lowest BCUT2D eigenvalue weighted by Gasteiger charge is -2.55. The molecule has 3 aliphatic rings. The molecule has 4 atom stereocenters. The normalized spacial score (nSPS) is 30.4. The second-order valence-electron chi connectivity index (χ2n) is 8.35. The van der Waals surface area contributed by atoms with E-state index in [4.69, 9.17) is 4.74 Å². The van der Waals surface area contributed by atoms with Gasteiger partial charge in [-0.15, -0.1) is 0 Å². The Morgan fingerprint density at radius 1 is 1.19 bits per heavy atom. The zero-order chi connectivity index (χ0) is 18.5. The molecule has 0 radical (unpaired) electrons. The zero-order valence-corrected chi connectivity index (χ0v) is 16.2. The fourth-order valence-electron chi connectivity index (χ4n) is 5.29. The molecule has 0 aromatic heterocycles. The van der Waals surface area contributed by atoms with Crippen molar-refractivity contribution in [1.82, 2.24) is 15.5 Å². The van der Waals surface area contributed by atoms with Crippen LogP contribution in [0, 0.1) is 11.8 Å². The topological polar surface area (TPSA) is 53.6 Å². The summed E-state index contributed by atoms with van der Waals surface area (Å²) in [5.41, 5.74) is 0. The van der Waals surface area contributed by atoms with Crippen molar-refractivity contribution in [3.05, 3.63) is 30.3 Å². The number of hydrogen-bond acceptors (Lipinski definition) is 4. The maximum atomic E-state index is 12.3. The highest BCUT2D eigenvalue weighted by Crippen LogP contribution is 2.38. The average molecular weight is 372 g/mol. The Morgan fingerprint density at radius 3 is 2.93 bits per heavy atom. The first-order valence-electron chi connectivity index (χ1n) is 10.7. The third kappa shape index (κ3) is 4.64. The van der Waals surface area contributed by atoms with E-state index < -0.39 is 0 Å². The minimum absolute atomic E-state index is 0.158. The molecule has 0 spiro atoms. The fraction of sp³-hybridized carbons (Fsp3) is 0.682. The molecular formula is C22H33N3O2. The number of rotatable bonds is 7. The number of nitrogens with zero attached hydrogens (tertiary/aromatic N) is 1. The van der Waals surface area contributed by atoms with Crippen LogP contribution in [-0.2, 0) is 4.79 Å². The number of carbonyl (C=O) groups is 1. The molecule has 27 heavy (non-hydrogen) atoms. The minimum Gasteiger partial charge on any atom is -0.494 e. The molecule has 3 aliphatic heterocycles. The summed E-state index contributed by atoms with van der Waals surface area (Å²) in [6.07, 6.45) is 6.63. The molecule has 1 aromatic carbocycles. The predicted octanol–water partition coefficient (Wildman–Crippen LogP) is 2.42. The van der Waals surface area contributed by atoms with E-state index in [1.54, 1.807) is 0 Å². The molecule has 0 aliphatic carbocycles. The maximum absolute atomic E-state index is 12.3. The van der Waals surface area contributed by atoms with Crippen molar-refractivity contribution in [1.29, 1.82) is 0 Å². The maximum Gasteiger partial charge on any atom is 0.220 e. The van der Waals surface area contributed by atoms with Gasteiger partial charge in [-0.1, -0.05) is 24.6 Å². The molecule has 5 heteroatoms. The van der Waals surface area contributed by atoms with Crippen LogP contribution in [0.25, 0.3) is 0 Å². The SMILES string of the molecule is O=C(CCCOc1ccccc1)NC[C@H]1[C@@H]2CNC[C@@H](C2)[C@@H]2CCCCN21. The minimum atomic E-state index is 0.158. The van der Waals surface area contributed by atoms with Gasteiger partial charge in [0.05, 0.1) is 6.61 Å². The van der Waals surface area contributed by atoms with Crippen molar-refractivity contribution in [3.8, 4) is 5.75 Å². The smallest absolute Gasteiger partial charge is 0.220 e. The van der Waals surface area contributed by atoms with Crippen LogP contribution in [0.3, 0.4) is 0 Å². The van der Waals surface area contributed by atoms with Crippen molar-refractivity contribution < 1.29 is 9.53 Å². The molecule has 5 nitrogen and oxygen atoms in total. The van der Waals surface area contributed by atoms with Crippen LogP contribution in [0.15, 0.2) is 30.3 Å². The Kier molecular flexibility index (Phi) is 6.30. The lowest BCUT2D eigenvalue weighted by atomic mass is 9.73. The molecule has 0 unspecified atom stereocenters. The van der Waals surface area contributed by atoms with Crippen LogP contribution in [0.4, 0.5) is 0 Å². The van der Waals surface area contributed by atoms with Crippen LogP contribution >= 0.6 is 0 Å². The quantitative estimate of drug-likeness (QED) is 0.723. The van der Waals surface area contributed by atoms with Gasteiger partial charge in [0.1, 0.15) is 5.75 Å². The summed E-state index contributed by atoms with van der Waals surface area (Å²) in [5.74, 6) is 2.52. The monoisotopic (exact) mass is 371 g/mol. The number of para-hydroxylation sites is 1. The number of ether oxygens (including phenoxy) is 1. The Bertz CT molecular complexity index is 609. The van der Waals surface area contributed by atoms with Gasteiger partial charge in [0.25, 0.3) is 0 Å². The number of nitrogens with one attached hydrogen (secondary N) is 2. The number of fused-ring (bicyclic) bond motifs is 4. The Labute approximate surface area is 162 Å². The van der Waals surface area contributed by atoms with E-state index in [0.29, 0.717) is 25.0 Å². The van der Waals surface area contributed by atoms with E-state index in [-0.39, 0.29) is 5.91 Å². The van der Waals surface area contributed by atoms with Gasteiger partial charge in [-0.05, 0) is 69.3 Å². The van der Waals surface area contributed by atoms with Gasteiger partial charge in [0.15, 0.2) is 0 Å². The molecular weight excluding hydrogens is 338 g/mol. The van der Waals surface area contributed by atoms with Gasteiger partial charge < -0.3 is 15.4 Å². The second kappa shape index (κ2) is 9.07. The van der Waals surface area contributed by atoms with Crippen molar-refractivity contribution >= 4 is 5.91 Å². The molecule has 1 amide bonds. The first kappa shape index (κ1) is 18.8. The van der Waals surface area contributed by atoms with E-state index in [9.17, 15) is 4.79 Å². The van der Waals surface area contributed by atoms with Gasteiger partial charge in [-0.2, -0.15) is 0 Å². The lowest BCUT2D eigenvalue weighted by Crippen LogP contribution is -2.65. The number of benzene rings is 1. The van der Waals surface area contributed by atoms with E-state index in [0.717, 1.165) is 37.2 Å². The molecule has 3 saturated heterocycles. The summed E-state index contributed by atoms with van der Waals surface area (Å²) < 4.78 is 5.68. The first-order valence-corrected chi connectivity index (χ1v) is 10.7. The van der Waals surface area contributed by atoms with Crippen LogP contribution in [-0.4, -0.2) is 55.7 Å². The molecule has 2 N–H and O–H groups in total. The largest absolute Gasteiger partial charge is 0.494 e. The second-order valence-corrected chi connectivity index (χ2v) is 8.35. The average Bonchev–Trinajstić information content (AvgIpc) is 2.72. The van der Waals surface area contributed by atoms with Gasteiger partial charge in [-0.25, -0.2) is 0 Å². The van der Waals surface area contributed by atoms with Gasteiger partial charge in [0, 0.05) is 25.0 Å². The highest BCUT2D eigenvalue weighted by Gasteiger charge is 2.45. The molecule has 3 heterocycles. The molecule has 0 saturated carbocycles. The molecule has 2 bridgehead atoms. The molecule has 3 fully saturated rings.